The number of carbonyl (C=O) groups excluding carboxylic acids is 2. The van der Waals surface area contributed by atoms with E-state index in [1.54, 1.807) is 30.1 Å². The van der Waals surface area contributed by atoms with E-state index in [4.69, 9.17) is 0 Å². The summed E-state index contributed by atoms with van der Waals surface area (Å²) in [5, 5.41) is 12.9. The zero-order chi connectivity index (χ0) is 18.9. The van der Waals surface area contributed by atoms with Crippen LogP contribution in [0.15, 0.2) is 67.3 Å². The minimum Gasteiger partial charge on any atom is -0.388 e. The molecule has 136 valence electrons. The fraction of sp³-hybridized carbons (Fsp3) is 0.238. The van der Waals surface area contributed by atoms with Crippen molar-refractivity contribution in [3.63, 3.8) is 0 Å². The van der Waals surface area contributed by atoms with Gasteiger partial charge in [0.05, 0.1) is 12.5 Å². The summed E-state index contributed by atoms with van der Waals surface area (Å²) >= 11 is 0. The molecule has 1 atom stereocenters. The molecule has 0 spiro atoms. The molecular weight excluding hydrogens is 328 g/mol. The second kappa shape index (κ2) is 9.53. The van der Waals surface area contributed by atoms with E-state index in [0.29, 0.717) is 18.7 Å². The van der Waals surface area contributed by atoms with Gasteiger partial charge in [0.15, 0.2) is 0 Å². The molecular formula is C21H24N2O3. The summed E-state index contributed by atoms with van der Waals surface area (Å²) in [6.07, 6.45) is 1.31. The first-order valence-electron chi connectivity index (χ1n) is 8.49. The molecule has 2 amide bonds. The third-order valence-electron chi connectivity index (χ3n) is 4.08. The van der Waals surface area contributed by atoms with E-state index in [1.165, 1.54) is 6.08 Å². The van der Waals surface area contributed by atoms with Gasteiger partial charge < -0.3 is 15.3 Å². The van der Waals surface area contributed by atoms with Crippen LogP contribution in [-0.2, 0) is 16.0 Å². The van der Waals surface area contributed by atoms with Crippen molar-refractivity contribution in [3.8, 4) is 0 Å². The van der Waals surface area contributed by atoms with E-state index in [2.05, 4.69) is 11.9 Å². The van der Waals surface area contributed by atoms with Crippen molar-refractivity contribution in [3.05, 3.63) is 78.4 Å². The predicted molar refractivity (Wildman–Crippen MR) is 103 cm³/mol. The van der Waals surface area contributed by atoms with Gasteiger partial charge in [-0.15, -0.1) is 0 Å². The highest BCUT2D eigenvalue weighted by Gasteiger charge is 2.13. The molecule has 2 aromatic carbocycles. The molecule has 0 aliphatic heterocycles. The van der Waals surface area contributed by atoms with Crippen LogP contribution >= 0.6 is 0 Å². The van der Waals surface area contributed by atoms with Crippen LogP contribution in [0.5, 0.6) is 0 Å². The predicted octanol–water partition coefficient (Wildman–Crippen LogP) is 2.94. The van der Waals surface area contributed by atoms with E-state index in [0.717, 1.165) is 11.1 Å². The summed E-state index contributed by atoms with van der Waals surface area (Å²) in [5.74, 6) is -0.335. The van der Waals surface area contributed by atoms with Crippen LogP contribution in [-0.4, -0.2) is 35.4 Å². The van der Waals surface area contributed by atoms with E-state index >= 15 is 0 Å². The van der Waals surface area contributed by atoms with E-state index in [1.807, 2.05) is 36.4 Å². The summed E-state index contributed by atoms with van der Waals surface area (Å²) in [6, 6.07) is 16.6. The molecule has 2 aromatic rings. The molecule has 0 fully saturated rings. The van der Waals surface area contributed by atoms with Crippen LogP contribution in [0.25, 0.3) is 0 Å². The van der Waals surface area contributed by atoms with Gasteiger partial charge in [-0.2, -0.15) is 0 Å². The highest BCUT2D eigenvalue weighted by Crippen LogP contribution is 2.17. The van der Waals surface area contributed by atoms with Crippen LogP contribution < -0.4 is 5.32 Å². The van der Waals surface area contributed by atoms with Gasteiger partial charge in [0, 0.05) is 19.3 Å². The SMILES string of the molecule is C=CC(=O)Nc1cccc(CC(=O)N(C)CCC(O)c2ccccc2)c1. The van der Waals surface area contributed by atoms with Crippen molar-refractivity contribution in [2.45, 2.75) is 18.9 Å². The van der Waals surface area contributed by atoms with Gasteiger partial charge in [0.1, 0.15) is 0 Å². The fourth-order valence-electron chi connectivity index (χ4n) is 2.54. The molecule has 1 unspecified atom stereocenters. The van der Waals surface area contributed by atoms with Gasteiger partial charge in [0.25, 0.3) is 0 Å². The third-order valence-corrected chi connectivity index (χ3v) is 4.08. The van der Waals surface area contributed by atoms with E-state index in [-0.39, 0.29) is 18.2 Å². The maximum absolute atomic E-state index is 12.4. The van der Waals surface area contributed by atoms with Crippen molar-refractivity contribution in [1.82, 2.24) is 4.90 Å². The number of aliphatic hydroxyl groups is 1. The number of anilines is 1. The first kappa shape index (κ1) is 19.4. The molecule has 5 heteroatoms. The maximum atomic E-state index is 12.4. The minimum atomic E-state index is -0.594. The second-order valence-corrected chi connectivity index (χ2v) is 6.10. The lowest BCUT2D eigenvalue weighted by Crippen LogP contribution is -2.30. The lowest BCUT2D eigenvalue weighted by Gasteiger charge is -2.19. The Morgan fingerprint density at radius 2 is 1.92 bits per heavy atom. The summed E-state index contributed by atoms with van der Waals surface area (Å²) in [7, 11) is 1.73. The van der Waals surface area contributed by atoms with Gasteiger partial charge >= 0.3 is 0 Å². The van der Waals surface area contributed by atoms with Crippen molar-refractivity contribution in [2.24, 2.45) is 0 Å². The Morgan fingerprint density at radius 1 is 1.19 bits per heavy atom. The number of benzene rings is 2. The summed E-state index contributed by atoms with van der Waals surface area (Å²) in [5.41, 5.74) is 2.29. The van der Waals surface area contributed by atoms with Crippen molar-refractivity contribution < 1.29 is 14.7 Å². The number of aliphatic hydroxyl groups excluding tert-OH is 1. The second-order valence-electron chi connectivity index (χ2n) is 6.10. The zero-order valence-corrected chi connectivity index (χ0v) is 14.9. The molecule has 0 radical (unpaired) electrons. The Balaban J connectivity index is 1.87. The number of nitrogens with zero attached hydrogens (tertiary/aromatic N) is 1. The van der Waals surface area contributed by atoms with Gasteiger partial charge in [-0.05, 0) is 35.8 Å². The molecule has 0 bridgehead atoms. The summed E-state index contributed by atoms with van der Waals surface area (Å²) in [4.78, 5) is 25.4. The molecule has 0 saturated heterocycles. The van der Waals surface area contributed by atoms with Crippen LogP contribution in [0.3, 0.4) is 0 Å². The quantitative estimate of drug-likeness (QED) is 0.718. The monoisotopic (exact) mass is 352 g/mol. The topological polar surface area (TPSA) is 69.6 Å². The van der Waals surface area contributed by atoms with Gasteiger partial charge in [-0.3, -0.25) is 9.59 Å². The molecule has 0 heterocycles. The number of nitrogens with one attached hydrogen (secondary N) is 1. The number of rotatable bonds is 8. The first-order valence-corrected chi connectivity index (χ1v) is 8.49. The average Bonchev–Trinajstić information content (AvgIpc) is 2.66. The highest BCUT2D eigenvalue weighted by atomic mass is 16.3. The summed E-state index contributed by atoms with van der Waals surface area (Å²) < 4.78 is 0. The lowest BCUT2D eigenvalue weighted by atomic mass is 10.1. The lowest BCUT2D eigenvalue weighted by molar-refractivity contribution is -0.129. The fourth-order valence-corrected chi connectivity index (χ4v) is 2.54. The maximum Gasteiger partial charge on any atom is 0.247 e. The molecule has 2 N–H and O–H groups in total. The van der Waals surface area contributed by atoms with Crippen LogP contribution in [0.4, 0.5) is 5.69 Å². The van der Waals surface area contributed by atoms with Crippen LogP contribution in [0.1, 0.15) is 23.7 Å². The number of carbonyl (C=O) groups is 2. The molecule has 0 aliphatic carbocycles. The Hall–Kier alpha value is -2.92. The van der Waals surface area contributed by atoms with Gasteiger partial charge in [0.2, 0.25) is 11.8 Å². The zero-order valence-electron chi connectivity index (χ0n) is 14.9. The van der Waals surface area contributed by atoms with Crippen molar-refractivity contribution >= 4 is 17.5 Å². The molecule has 5 nitrogen and oxygen atoms in total. The number of hydrogen-bond donors (Lipinski definition) is 2. The highest BCUT2D eigenvalue weighted by molar-refractivity contribution is 5.98. The Bertz CT molecular complexity index is 759. The Kier molecular flexibility index (Phi) is 7.12. The number of likely N-dealkylation sites (N-methyl/N-ethyl adjacent to an activating group) is 1. The molecule has 26 heavy (non-hydrogen) atoms. The van der Waals surface area contributed by atoms with E-state index < -0.39 is 6.10 Å². The molecule has 0 saturated carbocycles. The minimum absolute atomic E-state index is 0.0440. The Morgan fingerprint density at radius 3 is 2.62 bits per heavy atom. The van der Waals surface area contributed by atoms with Crippen molar-refractivity contribution in [1.29, 1.82) is 0 Å². The third kappa shape index (κ3) is 5.86. The number of amides is 2. The smallest absolute Gasteiger partial charge is 0.247 e. The number of hydrogen-bond acceptors (Lipinski definition) is 3. The Labute approximate surface area is 154 Å². The van der Waals surface area contributed by atoms with E-state index in [9.17, 15) is 14.7 Å². The average molecular weight is 352 g/mol. The molecule has 2 rings (SSSR count). The van der Waals surface area contributed by atoms with Crippen LogP contribution in [0.2, 0.25) is 0 Å². The largest absolute Gasteiger partial charge is 0.388 e. The normalized spacial score (nSPS) is 11.5. The van der Waals surface area contributed by atoms with Gasteiger partial charge in [-0.1, -0.05) is 49.0 Å². The standard InChI is InChI=1S/C21H24N2O3/c1-3-20(25)22-18-11-7-8-16(14-18)15-21(26)23(2)13-12-19(24)17-9-5-4-6-10-17/h3-11,14,19,24H,1,12-13,15H2,2H3,(H,22,25). The summed E-state index contributed by atoms with van der Waals surface area (Å²) in [6.45, 7) is 3.87. The molecule has 0 aromatic heterocycles. The van der Waals surface area contributed by atoms with Gasteiger partial charge in [-0.25, -0.2) is 0 Å². The molecule has 0 aliphatic rings. The first-order chi connectivity index (χ1) is 12.5. The van der Waals surface area contributed by atoms with Crippen LogP contribution in [0, 0.1) is 0 Å². The van der Waals surface area contributed by atoms with Crippen molar-refractivity contribution in [2.75, 3.05) is 18.9 Å².